The van der Waals surface area contributed by atoms with Crippen LogP contribution in [-0.2, 0) is 4.74 Å². The third-order valence-corrected chi connectivity index (χ3v) is 2.80. The summed E-state index contributed by atoms with van der Waals surface area (Å²) in [6.45, 7) is 2.93. The molecule has 0 fully saturated rings. The van der Waals surface area contributed by atoms with Crippen molar-refractivity contribution >= 4 is 0 Å². The lowest BCUT2D eigenvalue weighted by atomic mass is 10.0. The maximum Gasteiger partial charge on any atom is 0.393 e. The summed E-state index contributed by atoms with van der Waals surface area (Å²) in [6.07, 6.45) is -11.0. The quantitative estimate of drug-likeness (QED) is 0.645. The average Bonchev–Trinajstić information content (AvgIpc) is 2.15. The third-order valence-electron chi connectivity index (χ3n) is 2.80. The van der Waals surface area contributed by atoms with E-state index in [1.807, 2.05) is 0 Å². The van der Waals surface area contributed by atoms with Crippen LogP contribution in [0.3, 0.4) is 0 Å². The Hall–Kier alpha value is -0.460. The topological polar surface area (TPSA) is 9.23 Å². The molecule has 0 amide bonds. The van der Waals surface area contributed by atoms with Crippen molar-refractivity contribution in [3.8, 4) is 0 Å². The normalized spacial score (nSPS) is 20.8. The van der Waals surface area contributed by atoms with E-state index in [4.69, 9.17) is 0 Å². The molecule has 7 heteroatoms. The van der Waals surface area contributed by atoms with Crippen molar-refractivity contribution in [2.45, 2.75) is 64.1 Å². The SMILES string of the molecule is CCC(C)(F)C(F)(F)OC(F)(F)C(C)(F)CC. The Labute approximate surface area is 96.1 Å². The summed E-state index contributed by atoms with van der Waals surface area (Å²) < 4.78 is 82.2. The largest absolute Gasteiger partial charge is 0.393 e. The Balaban J connectivity index is 5.07. The second-order valence-corrected chi connectivity index (χ2v) is 4.24. The van der Waals surface area contributed by atoms with Crippen molar-refractivity contribution in [3.63, 3.8) is 0 Å². The molecular formula is C10H16F6O. The van der Waals surface area contributed by atoms with Gasteiger partial charge < -0.3 is 0 Å². The van der Waals surface area contributed by atoms with Crippen LogP contribution in [-0.4, -0.2) is 23.6 Å². The fourth-order valence-electron chi connectivity index (χ4n) is 0.785. The molecule has 2 atom stereocenters. The van der Waals surface area contributed by atoms with Crippen LogP contribution in [0.4, 0.5) is 26.3 Å². The molecule has 0 aliphatic rings. The van der Waals surface area contributed by atoms with Crippen LogP contribution >= 0.6 is 0 Å². The van der Waals surface area contributed by atoms with Crippen molar-refractivity contribution in [3.05, 3.63) is 0 Å². The monoisotopic (exact) mass is 266 g/mol. The Morgan fingerprint density at radius 1 is 0.706 bits per heavy atom. The molecule has 0 bridgehead atoms. The van der Waals surface area contributed by atoms with Crippen LogP contribution in [0.2, 0.25) is 0 Å². The zero-order valence-corrected chi connectivity index (χ0v) is 10.1. The van der Waals surface area contributed by atoms with Crippen molar-refractivity contribution in [1.29, 1.82) is 0 Å². The fourth-order valence-corrected chi connectivity index (χ4v) is 0.785. The highest BCUT2D eigenvalue weighted by atomic mass is 19.3. The summed E-state index contributed by atoms with van der Waals surface area (Å²) in [5, 5.41) is 0. The molecule has 0 aliphatic heterocycles. The van der Waals surface area contributed by atoms with Gasteiger partial charge in [-0.05, 0) is 26.7 Å². The molecule has 1 nitrogen and oxygen atoms in total. The molecule has 0 radical (unpaired) electrons. The second-order valence-electron chi connectivity index (χ2n) is 4.24. The maximum absolute atomic E-state index is 13.3. The van der Waals surface area contributed by atoms with E-state index >= 15 is 0 Å². The van der Waals surface area contributed by atoms with E-state index in [-0.39, 0.29) is 0 Å². The van der Waals surface area contributed by atoms with E-state index in [0.29, 0.717) is 13.8 Å². The van der Waals surface area contributed by atoms with E-state index < -0.39 is 36.4 Å². The lowest BCUT2D eigenvalue weighted by Crippen LogP contribution is -2.53. The molecule has 0 saturated heterocycles. The molecule has 0 rings (SSSR count). The summed E-state index contributed by atoms with van der Waals surface area (Å²) in [7, 11) is 0. The first kappa shape index (κ1) is 16.5. The first-order chi connectivity index (χ1) is 7.33. The molecule has 0 spiro atoms. The van der Waals surface area contributed by atoms with Gasteiger partial charge in [-0.25, -0.2) is 8.78 Å². The third kappa shape index (κ3) is 3.26. The van der Waals surface area contributed by atoms with Gasteiger partial charge >= 0.3 is 12.2 Å². The molecule has 0 aromatic carbocycles. The standard InChI is InChI=1S/C10H16F6O/c1-5-7(3,11)9(13,14)17-10(15,16)8(4,12)6-2/h5-6H2,1-4H3. The van der Waals surface area contributed by atoms with E-state index in [0.717, 1.165) is 13.8 Å². The van der Waals surface area contributed by atoms with Crippen LogP contribution in [0.1, 0.15) is 40.5 Å². The van der Waals surface area contributed by atoms with Gasteiger partial charge in [-0.3, -0.25) is 4.74 Å². The minimum absolute atomic E-state index is 0.421. The van der Waals surface area contributed by atoms with Gasteiger partial charge in [-0.2, -0.15) is 17.6 Å². The molecule has 104 valence electrons. The highest BCUT2D eigenvalue weighted by Crippen LogP contribution is 2.45. The van der Waals surface area contributed by atoms with Gasteiger partial charge in [0, 0.05) is 0 Å². The van der Waals surface area contributed by atoms with Gasteiger partial charge in [0.15, 0.2) is 11.3 Å². The first-order valence-electron chi connectivity index (χ1n) is 5.16. The van der Waals surface area contributed by atoms with Crippen LogP contribution in [0.15, 0.2) is 0 Å². The second kappa shape index (κ2) is 4.66. The van der Waals surface area contributed by atoms with E-state index in [1.54, 1.807) is 0 Å². The highest BCUT2D eigenvalue weighted by Gasteiger charge is 2.62. The number of ether oxygens (including phenoxy) is 1. The lowest BCUT2D eigenvalue weighted by Gasteiger charge is -2.35. The Kier molecular flexibility index (Phi) is 4.54. The van der Waals surface area contributed by atoms with Gasteiger partial charge in [0.1, 0.15) is 0 Å². The predicted octanol–water partition coefficient (Wildman–Crippen LogP) is 4.47. The van der Waals surface area contributed by atoms with Crippen LogP contribution in [0, 0.1) is 0 Å². The Morgan fingerprint density at radius 2 is 0.941 bits per heavy atom. The minimum Gasteiger partial charge on any atom is -0.250 e. The van der Waals surface area contributed by atoms with Crippen molar-refractivity contribution in [2.24, 2.45) is 0 Å². The number of hydrogen-bond donors (Lipinski definition) is 0. The highest BCUT2D eigenvalue weighted by molar-refractivity contribution is 4.88. The molecule has 2 unspecified atom stereocenters. The van der Waals surface area contributed by atoms with Gasteiger partial charge in [-0.1, -0.05) is 13.8 Å². The van der Waals surface area contributed by atoms with Crippen molar-refractivity contribution in [1.82, 2.24) is 0 Å². The van der Waals surface area contributed by atoms with Crippen molar-refractivity contribution in [2.75, 3.05) is 0 Å². The average molecular weight is 266 g/mol. The zero-order valence-electron chi connectivity index (χ0n) is 10.1. The first-order valence-corrected chi connectivity index (χ1v) is 5.16. The summed E-state index contributed by atoms with van der Waals surface area (Å²) in [6, 6.07) is 0. The zero-order chi connectivity index (χ0) is 14.1. The molecule has 17 heavy (non-hydrogen) atoms. The summed E-state index contributed by atoms with van der Waals surface area (Å²) in [5.41, 5.74) is -6.58. The Morgan fingerprint density at radius 3 is 1.12 bits per heavy atom. The van der Waals surface area contributed by atoms with Crippen LogP contribution < -0.4 is 0 Å². The van der Waals surface area contributed by atoms with Gasteiger partial charge in [0.2, 0.25) is 0 Å². The van der Waals surface area contributed by atoms with Gasteiger partial charge in [0.05, 0.1) is 0 Å². The molecule has 0 saturated carbocycles. The number of halogens is 6. The molecule has 0 aromatic rings. The number of hydrogen-bond acceptors (Lipinski definition) is 1. The maximum atomic E-state index is 13.3. The minimum atomic E-state index is -4.77. The van der Waals surface area contributed by atoms with E-state index in [2.05, 4.69) is 4.74 Å². The van der Waals surface area contributed by atoms with E-state index in [1.165, 1.54) is 0 Å². The van der Waals surface area contributed by atoms with Crippen molar-refractivity contribution < 1.29 is 31.1 Å². The lowest BCUT2D eigenvalue weighted by molar-refractivity contribution is -0.435. The Bertz CT molecular complexity index is 236. The molecule has 0 aromatic heterocycles. The van der Waals surface area contributed by atoms with Crippen LogP contribution in [0.25, 0.3) is 0 Å². The number of alkyl halides is 6. The molecule has 0 aliphatic carbocycles. The molecule has 0 heterocycles. The fraction of sp³-hybridized carbons (Fsp3) is 1.00. The van der Waals surface area contributed by atoms with Crippen LogP contribution in [0.5, 0.6) is 0 Å². The van der Waals surface area contributed by atoms with E-state index in [9.17, 15) is 26.3 Å². The number of rotatable bonds is 6. The smallest absolute Gasteiger partial charge is 0.250 e. The molecular weight excluding hydrogens is 250 g/mol. The summed E-state index contributed by atoms with van der Waals surface area (Å²) in [4.78, 5) is 0. The summed E-state index contributed by atoms with van der Waals surface area (Å²) >= 11 is 0. The van der Waals surface area contributed by atoms with Gasteiger partial charge in [0.25, 0.3) is 0 Å². The van der Waals surface area contributed by atoms with Gasteiger partial charge in [-0.15, -0.1) is 0 Å². The summed E-state index contributed by atoms with van der Waals surface area (Å²) in [5.74, 6) is 0. The molecule has 0 N–H and O–H groups in total. The predicted molar refractivity (Wildman–Crippen MR) is 50.6 cm³/mol.